The van der Waals surface area contributed by atoms with E-state index in [-0.39, 0.29) is 5.91 Å². The molecule has 4 nitrogen and oxygen atoms in total. The number of rotatable bonds is 6. The van der Waals surface area contributed by atoms with Crippen LogP contribution in [-0.4, -0.2) is 24.5 Å². The molecule has 3 aromatic rings. The van der Waals surface area contributed by atoms with Crippen LogP contribution in [0.15, 0.2) is 60.0 Å². The number of ether oxygens (including phenoxy) is 1. The van der Waals surface area contributed by atoms with Crippen molar-refractivity contribution in [2.75, 3.05) is 13.7 Å². The maximum atomic E-state index is 12.2. The molecule has 0 saturated carbocycles. The number of methoxy groups -OCH3 is 1. The van der Waals surface area contributed by atoms with Gasteiger partial charge in [0.25, 0.3) is 5.91 Å². The molecule has 1 N–H and O–H groups in total. The summed E-state index contributed by atoms with van der Waals surface area (Å²) >= 11 is 1.48. The minimum Gasteiger partial charge on any atom is -0.497 e. The molecule has 0 saturated heterocycles. The first-order chi connectivity index (χ1) is 11.8. The highest BCUT2D eigenvalue weighted by Crippen LogP contribution is 2.23. The van der Waals surface area contributed by atoms with Crippen LogP contribution in [0.25, 0.3) is 10.6 Å². The molecule has 5 heteroatoms. The lowest BCUT2D eigenvalue weighted by molar-refractivity contribution is 0.0950. The number of nitrogens with one attached hydrogen (secondary N) is 1. The average Bonchev–Trinajstić information content (AvgIpc) is 3.13. The van der Waals surface area contributed by atoms with Crippen molar-refractivity contribution in [3.8, 4) is 16.3 Å². The van der Waals surface area contributed by atoms with Crippen LogP contribution in [0, 0.1) is 0 Å². The van der Waals surface area contributed by atoms with Crippen molar-refractivity contribution in [1.29, 1.82) is 0 Å². The van der Waals surface area contributed by atoms with E-state index in [1.807, 2.05) is 54.6 Å². The number of amides is 1. The molecule has 0 aliphatic heterocycles. The summed E-state index contributed by atoms with van der Waals surface area (Å²) in [5.74, 6) is 0.695. The Balaban J connectivity index is 1.54. The fraction of sp³-hybridized carbons (Fsp3) is 0.158. The number of hydrogen-bond donors (Lipinski definition) is 1. The Labute approximate surface area is 145 Å². The lowest BCUT2D eigenvalue weighted by Crippen LogP contribution is -2.25. The van der Waals surface area contributed by atoms with Crippen LogP contribution in [-0.2, 0) is 6.42 Å². The molecule has 0 radical (unpaired) electrons. The summed E-state index contributed by atoms with van der Waals surface area (Å²) in [5.41, 5.74) is 2.65. The molecule has 0 unspecified atom stereocenters. The van der Waals surface area contributed by atoms with Gasteiger partial charge in [0.1, 0.15) is 16.5 Å². The molecule has 122 valence electrons. The topological polar surface area (TPSA) is 51.2 Å². The maximum Gasteiger partial charge on any atom is 0.270 e. The molecule has 3 rings (SSSR count). The molecule has 0 spiro atoms. The van der Waals surface area contributed by atoms with Gasteiger partial charge in [-0.3, -0.25) is 4.79 Å². The summed E-state index contributed by atoms with van der Waals surface area (Å²) in [7, 11) is 1.65. The number of nitrogens with zero attached hydrogens (tertiary/aromatic N) is 1. The normalized spacial score (nSPS) is 10.4. The molecule has 0 fully saturated rings. The van der Waals surface area contributed by atoms with Gasteiger partial charge in [-0.05, 0) is 24.1 Å². The molecular weight excluding hydrogens is 320 g/mol. The van der Waals surface area contributed by atoms with Crippen LogP contribution in [0.2, 0.25) is 0 Å². The molecule has 0 bridgehead atoms. The highest BCUT2D eigenvalue weighted by Gasteiger charge is 2.11. The Morgan fingerprint density at radius 2 is 1.88 bits per heavy atom. The van der Waals surface area contributed by atoms with Gasteiger partial charge in [-0.2, -0.15) is 0 Å². The molecule has 1 heterocycles. The number of hydrogen-bond acceptors (Lipinski definition) is 4. The van der Waals surface area contributed by atoms with Crippen molar-refractivity contribution in [2.45, 2.75) is 6.42 Å². The van der Waals surface area contributed by atoms with Gasteiger partial charge in [-0.25, -0.2) is 4.98 Å². The highest BCUT2D eigenvalue weighted by molar-refractivity contribution is 7.13. The molecule has 24 heavy (non-hydrogen) atoms. The summed E-state index contributed by atoms with van der Waals surface area (Å²) in [6.07, 6.45) is 0.769. The highest BCUT2D eigenvalue weighted by atomic mass is 32.1. The number of carbonyl (C=O) groups excluding carboxylic acids is 1. The van der Waals surface area contributed by atoms with E-state index in [4.69, 9.17) is 4.74 Å². The zero-order valence-corrected chi connectivity index (χ0v) is 14.2. The van der Waals surface area contributed by atoms with E-state index in [9.17, 15) is 4.79 Å². The molecule has 1 aromatic heterocycles. The first kappa shape index (κ1) is 16.2. The summed E-state index contributed by atoms with van der Waals surface area (Å²) in [6.45, 7) is 0.573. The number of aromatic nitrogens is 1. The fourth-order valence-electron chi connectivity index (χ4n) is 2.29. The Morgan fingerprint density at radius 3 is 2.58 bits per heavy atom. The third-order valence-corrected chi connectivity index (χ3v) is 4.51. The predicted molar refractivity (Wildman–Crippen MR) is 96.6 cm³/mol. The zero-order valence-electron chi connectivity index (χ0n) is 13.4. The first-order valence-corrected chi connectivity index (χ1v) is 8.56. The maximum absolute atomic E-state index is 12.2. The molecule has 2 aromatic carbocycles. The second-order valence-electron chi connectivity index (χ2n) is 5.26. The SMILES string of the molecule is COc1ccc(CCNC(=O)c2csc(-c3ccccc3)n2)cc1. The smallest absolute Gasteiger partial charge is 0.270 e. The van der Waals surface area contributed by atoms with E-state index in [1.165, 1.54) is 11.3 Å². The first-order valence-electron chi connectivity index (χ1n) is 7.68. The van der Waals surface area contributed by atoms with Gasteiger partial charge >= 0.3 is 0 Å². The third kappa shape index (κ3) is 4.00. The largest absolute Gasteiger partial charge is 0.497 e. The standard InChI is InChI=1S/C19H18N2O2S/c1-23-16-9-7-14(8-10-16)11-12-20-18(22)17-13-24-19(21-17)15-5-3-2-4-6-15/h2-10,13H,11-12H2,1H3,(H,20,22). The van der Waals surface area contributed by atoms with Crippen LogP contribution in [0.4, 0.5) is 0 Å². The summed E-state index contributed by atoms with van der Waals surface area (Å²) in [5, 5.41) is 5.57. The van der Waals surface area contributed by atoms with E-state index in [2.05, 4.69) is 10.3 Å². The Bertz CT molecular complexity index is 798. The van der Waals surface area contributed by atoms with Gasteiger partial charge in [0.2, 0.25) is 0 Å². The van der Waals surface area contributed by atoms with Gasteiger partial charge in [0.05, 0.1) is 7.11 Å². The van der Waals surface area contributed by atoms with Gasteiger partial charge in [0.15, 0.2) is 0 Å². The Morgan fingerprint density at radius 1 is 1.12 bits per heavy atom. The third-order valence-electron chi connectivity index (χ3n) is 3.62. The molecule has 0 aliphatic carbocycles. The van der Waals surface area contributed by atoms with Crippen molar-refractivity contribution in [3.05, 3.63) is 71.2 Å². The quantitative estimate of drug-likeness (QED) is 0.744. The summed E-state index contributed by atoms with van der Waals surface area (Å²) < 4.78 is 5.13. The number of carbonyl (C=O) groups is 1. The van der Waals surface area contributed by atoms with E-state index >= 15 is 0 Å². The molecule has 0 aliphatic rings. The van der Waals surface area contributed by atoms with Crippen LogP contribution in [0.5, 0.6) is 5.75 Å². The van der Waals surface area contributed by atoms with Crippen molar-refractivity contribution in [1.82, 2.24) is 10.3 Å². The van der Waals surface area contributed by atoms with Crippen molar-refractivity contribution < 1.29 is 9.53 Å². The lowest BCUT2D eigenvalue weighted by atomic mass is 10.1. The monoisotopic (exact) mass is 338 g/mol. The average molecular weight is 338 g/mol. The predicted octanol–water partition coefficient (Wildman–Crippen LogP) is 3.79. The van der Waals surface area contributed by atoms with Crippen molar-refractivity contribution in [3.63, 3.8) is 0 Å². The van der Waals surface area contributed by atoms with Crippen molar-refractivity contribution in [2.24, 2.45) is 0 Å². The van der Waals surface area contributed by atoms with E-state index in [0.717, 1.165) is 28.3 Å². The molecular formula is C19H18N2O2S. The van der Waals surface area contributed by atoms with Crippen LogP contribution in [0.3, 0.4) is 0 Å². The van der Waals surface area contributed by atoms with Gasteiger partial charge in [-0.15, -0.1) is 11.3 Å². The van der Waals surface area contributed by atoms with E-state index in [0.29, 0.717) is 12.2 Å². The van der Waals surface area contributed by atoms with Crippen LogP contribution >= 0.6 is 11.3 Å². The summed E-state index contributed by atoms with van der Waals surface area (Å²) in [4.78, 5) is 16.6. The van der Waals surface area contributed by atoms with E-state index < -0.39 is 0 Å². The second-order valence-corrected chi connectivity index (χ2v) is 6.12. The number of benzene rings is 2. The van der Waals surface area contributed by atoms with Crippen LogP contribution < -0.4 is 10.1 Å². The minimum atomic E-state index is -0.137. The lowest BCUT2D eigenvalue weighted by Gasteiger charge is -2.05. The molecule has 0 atom stereocenters. The minimum absolute atomic E-state index is 0.137. The number of thiazole rings is 1. The molecule has 1 amide bonds. The zero-order chi connectivity index (χ0) is 16.8. The Kier molecular flexibility index (Phi) is 5.23. The van der Waals surface area contributed by atoms with Gasteiger partial charge in [-0.1, -0.05) is 42.5 Å². The second kappa shape index (κ2) is 7.75. The van der Waals surface area contributed by atoms with Gasteiger partial charge in [0, 0.05) is 17.5 Å². The fourth-order valence-corrected chi connectivity index (χ4v) is 3.10. The van der Waals surface area contributed by atoms with Gasteiger partial charge < -0.3 is 10.1 Å². The van der Waals surface area contributed by atoms with Crippen molar-refractivity contribution >= 4 is 17.2 Å². The summed E-state index contributed by atoms with van der Waals surface area (Å²) in [6, 6.07) is 17.7. The Hall–Kier alpha value is -2.66. The van der Waals surface area contributed by atoms with E-state index in [1.54, 1.807) is 12.5 Å². The van der Waals surface area contributed by atoms with Crippen LogP contribution in [0.1, 0.15) is 16.1 Å².